The third-order valence-corrected chi connectivity index (χ3v) is 8.27. The molecule has 36 heavy (non-hydrogen) atoms. The number of alkyl halides is 1. The van der Waals surface area contributed by atoms with E-state index in [0.29, 0.717) is 35.9 Å². The summed E-state index contributed by atoms with van der Waals surface area (Å²) in [5, 5.41) is 7.51. The number of benzene rings is 1. The Bertz CT molecular complexity index is 1290. The van der Waals surface area contributed by atoms with E-state index in [1.165, 1.54) is 28.3 Å². The Labute approximate surface area is 215 Å². The van der Waals surface area contributed by atoms with Crippen LogP contribution in [0.4, 0.5) is 5.95 Å². The van der Waals surface area contributed by atoms with Crippen LogP contribution in [0.25, 0.3) is 5.69 Å². The lowest BCUT2D eigenvalue weighted by Gasteiger charge is -2.31. The first-order valence-electron chi connectivity index (χ1n) is 11.3. The monoisotopic (exact) mass is 536 g/mol. The minimum Gasteiger partial charge on any atom is -0.494 e. The Morgan fingerprint density at radius 1 is 1.08 bits per heavy atom. The highest BCUT2D eigenvalue weighted by Crippen LogP contribution is 2.43. The molecule has 0 radical (unpaired) electrons. The molecule has 0 saturated heterocycles. The summed E-state index contributed by atoms with van der Waals surface area (Å²) in [6.45, 7) is 3.37. The second-order valence-corrected chi connectivity index (χ2v) is 11.3. The number of aromatic nitrogens is 5. The molecule has 0 spiro atoms. The van der Waals surface area contributed by atoms with Crippen LogP contribution in [-0.2, 0) is 14.8 Å². The molecule has 1 saturated carbocycles. The van der Waals surface area contributed by atoms with Gasteiger partial charge in [-0.1, -0.05) is 6.07 Å². The molecule has 2 heterocycles. The molecule has 0 amide bonds. The van der Waals surface area contributed by atoms with Crippen LogP contribution >= 0.6 is 11.6 Å². The van der Waals surface area contributed by atoms with Gasteiger partial charge in [-0.05, 0) is 44.4 Å². The number of aryl methyl sites for hydroxylation is 1. The maximum Gasteiger partial charge on any atom is 0.243 e. The van der Waals surface area contributed by atoms with Gasteiger partial charge in [-0.15, -0.1) is 21.8 Å². The predicted octanol–water partition coefficient (Wildman–Crippen LogP) is 3.39. The van der Waals surface area contributed by atoms with E-state index in [0.717, 1.165) is 5.56 Å². The van der Waals surface area contributed by atoms with E-state index < -0.39 is 21.4 Å². The smallest absolute Gasteiger partial charge is 0.243 e. The van der Waals surface area contributed by atoms with Gasteiger partial charge in [0.25, 0.3) is 0 Å². The van der Waals surface area contributed by atoms with Crippen LogP contribution in [0.15, 0.2) is 30.6 Å². The van der Waals surface area contributed by atoms with Crippen LogP contribution < -0.4 is 14.2 Å². The van der Waals surface area contributed by atoms with Gasteiger partial charge in [-0.3, -0.25) is 9.29 Å². The third-order valence-electron chi connectivity index (χ3n) is 6.22. The molecule has 1 aliphatic rings. The topological polar surface area (TPSA) is 130 Å². The van der Waals surface area contributed by atoms with Crippen molar-refractivity contribution < 1.29 is 22.6 Å². The van der Waals surface area contributed by atoms with Crippen molar-refractivity contribution in [1.29, 1.82) is 0 Å². The summed E-state index contributed by atoms with van der Waals surface area (Å²) in [6, 6.07) is 5.28. The van der Waals surface area contributed by atoms with Gasteiger partial charge in [-0.2, -0.15) is 0 Å². The van der Waals surface area contributed by atoms with Crippen molar-refractivity contribution in [1.82, 2.24) is 24.7 Å². The van der Waals surface area contributed by atoms with Crippen LogP contribution in [0, 0.1) is 6.92 Å². The fraction of sp³-hybridized carbons (Fsp3) is 0.478. The molecular formula is C23H29ClN6O5S. The van der Waals surface area contributed by atoms with Gasteiger partial charge < -0.3 is 14.2 Å². The van der Waals surface area contributed by atoms with Crippen LogP contribution in [0.5, 0.6) is 11.5 Å². The first kappa shape index (κ1) is 26.1. The van der Waals surface area contributed by atoms with Crippen LogP contribution in [0.3, 0.4) is 0 Å². The number of anilines is 1. The van der Waals surface area contributed by atoms with Crippen molar-refractivity contribution >= 4 is 27.6 Å². The van der Waals surface area contributed by atoms with Gasteiger partial charge in [-0.25, -0.2) is 18.4 Å². The van der Waals surface area contributed by atoms with Gasteiger partial charge in [0, 0.05) is 30.8 Å². The lowest BCUT2D eigenvalue weighted by molar-refractivity contribution is 0.0949. The molecule has 0 unspecified atom stereocenters. The van der Waals surface area contributed by atoms with Crippen molar-refractivity contribution in [3.05, 3.63) is 47.8 Å². The maximum absolute atomic E-state index is 13.5. The average molecular weight is 537 g/mol. The van der Waals surface area contributed by atoms with Gasteiger partial charge >= 0.3 is 0 Å². The molecule has 13 heteroatoms. The zero-order chi connectivity index (χ0) is 26.0. The van der Waals surface area contributed by atoms with E-state index in [4.69, 9.17) is 25.8 Å². The Balaban J connectivity index is 1.76. The fourth-order valence-corrected chi connectivity index (χ4v) is 5.66. The lowest BCUT2D eigenvalue weighted by atomic mass is 9.84. The molecule has 1 fully saturated rings. The van der Waals surface area contributed by atoms with E-state index in [1.807, 2.05) is 6.92 Å². The molecule has 11 nitrogen and oxygen atoms in total. The molecule has 4 rings (SSSR count). The molecule has 194 valence electrons. The second kappa shape index (κ2) is 10.6. The summed E-state index contributed by atoms with van der Waals surface area (Å²) in [6.07, 6.45) is 3.69. The molecule has 2 atom stereocenters. The molecule has 1 N–H and O–H groups in total. The number of ether oxygens (including phenoxy) is 3. The predicted molar refractivity (Wildman–Crippen MR) is 135 cm³/mol. The second-order valence-electron chi connectivity index (χ2n) is 8.62. The number of nitrogens with one attached hydrogen (secondary N) is 1. The number of halogens is 1. The van der Waals surface area contributed by atoms with E-state index in [1.54, 1.807) is 35.2 Å². The number of hydrogen-bond acceptors (Lipinski definition) is 9. The summed E-state index contributed by atoms with van der Waals surface area (Å²) in [4.78, 5) is 8.50. The van der Waals surface area contributed by atoms with Crippen molar-refractivity contribution in [2.75, 3.05) is 26.1 Å². The summed E-state index contributed by atoms with van der Waals surface area (Å²) < 4.78 is 47.9. The molecule has 2 aromatic heterocycles. The van der Waals surface area contributed by atoms with Crippen molar-refractivity contribution in [2.45, 2.75) is 49.3 Å². The van der Waals surface area contributed by atoms with Gasteiger partial charge in [0.05, 0.1) is 14.2 Å². The molecule has 0 bridgehead atoms. The zero-order valence-electron chi connectivity index (χ0n) is 20.7. The van der Waals surface area contributed by atoms with Gasteiger partial charge in [0.2, 0.25) is 16.0 Å². The first-order chi connectivity index (χ1) is 17.2. The Morgan fingerprint density at radius 3 is 2.22 bits per heavy atom. The molecule has 1 aliphatic carbocycles. The van der Waals surface area contributed by atoms with Gasteiger partial charge in [0.1, 0.15) is 34.4 Å². The SMILES string of the molecule is COc1cccc(OC)c1-n1c(NS(=O)(=O)[C@@H](C)[C@H](OC)c2ncc(C)cn2)nnc1[C@H]1C[C@H](Cl)C1. The van der Waals surface area contributed by atoms with E-state index in [2.05, 4.69) is 24.9 Å². The van der Waals surface area contributed by atoms with Crippen molar-refractivity contribution in [2.24, 2.45) is 0 Å². The summed E-state index contributed by atoms with van der Waals surface area (Å²) in [7, 11) is 0.415. The number of hydrogen-bond donors (Lipinski definition) is 1. The maximum atomic E-state index is 13.5. The van der Waals surface area contributed by atoms with Crippen molar-refractivity contribution in [3.63, 3.8) is 0 Å². The number of nitrogens with zero attached hydrogens (tertiary/aromatic N) is 5. The minimum atomic E-state index is -4.05. The molecular weight excluding hydrogens is 508 g/mol. The third kappa shape index (κ3) is 4.97. The first-order valence-corrected chi connectivity index (χ1v) is 13.3. The molecule has 3 aromatic rings. The molecule has 0 aliphatic heterocycles. The van der Waals surface area contributed by atoms with Crippen LogP contribution in [0.2, 0.25) is 0 Å². The van der Waals surface area contributed by atoms with Crippen molar-refractivity contribution in [3.8, 4) is 17.2 Å². The quantitative estimate of drug-likeness (QED) is 0.387. The minimum absolute atomic E-state index is 0.00187. The number of rotatable bonds is 10. The van der Waals surface area contributed by atoms with E-state index >= 15 is 0 Å². The van der Waals surface area contributed by atoms with Crippen LogP contribution in [0.1, 0.15) is 49.0 Å². The van der Waals surface area contributed by atoms with Crippen LogP contribution in [-0.4, -0.2) is 65.1 Å². The molecule has 1 aromatic carbocycles. The van der Waals surface area contributed by atoms with Gasteiger partial charge in [0.15, 0.2) is 5.82 Å². The van der Waals surface area contributed by atoms with E-state index in [9.17, 15) is 8.42 Å². The average Bonchev–Trinajstić information content (AvgIpc) is 3.24. The zero-order valence-corrected chi connectivity index (χ0v) is 22.2. The normalized spacial score (nSPS) is 19.3. The Morgan fingerprint density at radius 2 is 1.69 bits per heavy atom. The summed E-state index contributed by atoms with van der Waals surface area (Å²) in [5.74, 6) is 1.75. The highest BCUT2D eigenvalue weighted by Gasteiger charge is 2.38. The Hall–Kier alpha value is -2.96. The highest BCUT2D eigenvalue weighted by atomic mass is 35.5. The number of methoxy groups -OCH3 is 3. The number of para-hydroxylation sites is 1. The standard InChI is InChI=1S/C23H29ClN6O5S/c1-13-11-25-21(26-12-13)20(35-5)14(2)36(31,32)29-23-28-27-22(15-9-16(24)10-15)30(23)19-17(33-3)7-6-8-18(19)34-4/h6-8,11-12,14-16,20H,9-10H2,1-5H3,(H,28,29)/t14-,15-,16-,20-/m0/s1. The summed E-state index contributed by atoms with van der Waals surface area (Å²) >= 11 is 6.24. The number of sulfonamides is 1. The fourth-order valence-electron chi connectivity index (χ4n) is 4.10. The lowest BCUT2D eigenvalue weighted by Crippen LogP contribution is -2.33. The summed E-state index contributed by atoms with van der Waals surface area (Å²) in [5.41, 5.74) is 1.33. The highest BCUT2D eigenvalue weighted by molar-refractivity contribution is 7.93. The largest absolute Gasteiger partial charge is 0.494 e. The van der Waals surface area contributed by atoms with E-state index in [-0.39, 0.29) is 23.1 Å². The Kier molecular flexibility index (Phi) is 7.67.